The van der Waals surface area contributed by atoms with Crippen LogP contribution in [0.15, 0.2) is 42.7 Å². The first-order chi connectivity index (χ1) is 14.6. The topological polar surface area (TPSA) is 46.1 Å². The molecule has 1 aromatic carbocycles. The van der Waals surface area contributed by atoms with E-state index >= 15 is 0 Å². The summed E-state index contributed by atoms with van der Waals surface area (Å²) in [6, 6.07) is 9.71. The standard InChI is InChI=1S/C24H24ClN3OS/c25-19-3-4-20-21(9-19)30-23(27-20)28(14-15-2-1-5-26-13-15)22(29)24-10-16-6-17(11-24)8-18(7-16)12-24/h1-5,9,13,16-18H,6-8,10-12,14H2. The third-order valence-corrected chi connectivity index (χ3v) is 8.65. The minimum absolute atomic E-state index is 0.202. The molecule has 0 spiro atoms. The summed E-state index contributed by atoms with van der Waals surface area (Å²) in [7, 11) is 0. The largest absolute Gasteiger partial charge is 0.283 e. The van der Waals surface area contributed by atoms with Crippen molar-refractivity contribution in [1.82, 2.24) is 9.97 Å². The van der Waals surface area contributed by atoms with Gasteiger partial charge in [0.15, 0.2) is 5.13 Å². The first-order valence-electron chi connectivity index (χ1n) is 10.8. The number of nitrogens with zero attached hydrogens (tertiary/aromatic N) is 3. The molecule has 0 unspecified atom stereocenters. The van der Waals surface area contributed by atoms with Crippen molar-refractivity contribution in [3.63, 3.8) is 0 Å². The van der Waals surface area contributed by atoms with Gasteiger partial charge in [0.2, 0.25) is 5.91 Å². The fourth-order valence-corrected chi connectivity index (χ4v) is 7.80. The van der Waals surface area contributed by atoms with Crippen LogP contribution in [-0.4, -0.2) is 15.9 Å². The van der Waals surface area contributed by atoms with Crippen molar-refractivity contribution >= 4 is 44.2 Å². The molecule has 6 heteroatoms. The molecular formula is C24H24ClN3OS. The first-order valence-corrected chi connectivity index (χ1v) is 12.0. The van der Waals surface area contributed by atoms with Gasteiger partial charge in [-0.15, -0.1) is 0 Å². The fourth-order valence-electron chi connectivity index (χ4n) is 6.56. The zero-order chi connectivity index (χ0) is 20.3. The molecule has 4 nitrogen and oxygen atoms in total. The summed E-state index contributed by atoms with van der Waals surface area (Å²) in [5.74, 6) is 2.47. The van der Waals surface area contributed by atoms with E-state index in [-0.39, 0.29) is 11.3 Å². The average molecular weight is 438 g/mol. The number of thiazole rings is 1. The molecule has 4 fully saturated rings. The number of hydrogen-bond acceptors (Lipinski definition) is 4. The van der Waals surface area contributed by atoms with Crippen LogP contribution in [0.2, 0.25) is 5.02 Å². The van der Waals surface area contributed by atoms with Gasteiger partial charge in [0.1, 0.15) is 0 Å². The van der Waals surface area contributed by atoms with E-state index in [9.17, 15) is 4.79 Å². The van der Waals surface area contributed by atoms with E-state index in [0.29, 0.717) is 11.6 Å². The number of carbonyl (C=O) groups excluding carboxylic acids is 1. The van der Waals surface area contributed by atoms with E-state index in [4.69, 9.17) is 16.6 Å². The molecular weight excluding hydrogens is 414 g/mol. The predicted molar refractivity (Wildman–Crippen MR) is 121 cm³/mol. The van der Waals surface area contributed by atoms with Gasteiger partial charge < -0.3 is 0 Å². The second-order valence-electron chi connectivity index (χ2n) is 9.56. The number of fused-ring (bicyclic) bond motifs is 1. The number of aromatic nitrogens is 2. The van der Waals surface area contributed by atoms with Crippen LogP contribution in [0.4, 0.5) is 5.13 Å². The molecule has 30 heavy (non-hydrogen) atoms. The molecule has 0 aliphatic heterocycles. The van der Waals surface area contributed by atoms with Crippen molar-refractivity contribution in [2.24, 2.45) is 23.2 Å². The van der Waals surface area contributed by atoms with Gasteiger partial charge in [-0.05, 0) is 86.1 Å². The summed E-state index contributed by atoms with van der Waals surface area (Å²) in [6.45, 7) is 0.516. The van der Waals surface area contributed by atoms with Gasteiger partial charge in [-0.3, -0.25) is 14.7 Å². The smallest absolute Gasteiger partial charge is 0.235 e. The van der Waals surface area contributed by atoms with Crippen molar-refractivity contribution in [2.75, 3.05) is 4.90 Å². The van der Waals surface area contributed by atoms with Crippen molar-refractivity contribution in [2.45, 2.75) is 45.1 Å². The lowest BCUT2D eigenvalue weighted by molar-refractivity contribution is -0.143. The van der Waals surface area contributed by atoms with E-state index in [2.05, 4.69) is 4.98 Å². The monoisotopic (exact) mass is 437 g/mol. The Bertz CT molecular complexity index is 1080. The van der Waals surface area contributed by atoms with Gasteiger partial charge in [-0.25, -0.2) is 4.98 Å². The van der Waals surface area contributed by atoms with E-state index < -0.39 is 0 Å². The zero-order valence-corrected chi connectivity index (χ0v) is 18.3. The lowest BCUT2D eigenvalue weighted by Gasteiger charge is -2.56. The maximum atomic E-state index is 14.2. The van der Waals surface area contributed by atoms with Crippen molar-refractivity contribution in [3.8, 4) is 0 Å². The fraction of sp³-hybridized carbons (Fsp3) is 0.458. The number of carbonyl (C=O) groups is 1. The molecule has 2 aromatic heterocycles. The van der Waals surface area contributed by atoms with Crippen LogP contribution in [0.3, 0.4) is 0 Å². The van der Waals surface area contributed by atoms with Gasteiger partial charge >= 0.3 is 0 Å². The summed E-state index contributed by atoms with van der Waals surface area (Å²) < 4.78 is 1.02. The van der Waals surface area contributed by atoms with E-state index in [1.807, 2.05) is 41.4 Å². The molecule has 2 heterocycles. The molecule has 4 bridgehead atoms. The van der Waals surface area contributed by atoms with Gasteiger partial charge in [-0.2, -0.15) is 0 Å². The maximum Gasteiger partial charge on any atom is 0.235 e. The third kappa shape index (κ3) is 3.14. The van der Waals surface area contributed by atoms with Crippen molar-refractivity contribution < 1.29 is 4.79 Å². The molecule has 1 amide bonds. The van der Waals surface area contributed by atoms with Crippen LogP contribution in [0.1, 0.15) is 44.1 Å². The second-order valence-corrected chi connectivity index (χ2v) is 11.0. The predicted octanol–water partition coefficient (Wildman–Crippen LogP) is 6.09. The number of pyridine rings is 1. The van der Waals surface area contributed by atoms with E-state index in [1.54, 1.807) is 17.5 Å². The minimum Gasteiger partial charge on any atom is -0.283 e. The highest BCUT2D eigenvalue weighted by atomic mass is 35.5. The van der Waals surface area contributed by atoms with Gasteiger partial charge in [0, 0.05) is 17.4 Å². The maximum absolute atomic E-state index is 14.2. The summed E-state index contributed by atoms with van der Waals surface area (Å²) in [4.78, 5) is 25.2. The molecule has 4 saturated carbocycles. The highest BCUT2D eigenvalue weighted by Crippen LogP contribution is 2.60. The Hall–Kier alpha value is -1.98. The number of anilines is 1. The number of amides is 1. The van der Waals surface area contributed by atoms with Crippen LogP contribution in [-0.2, 0) is 11.3 Å². The van der Waals surface area contributed by atoms with Gasteiger partial charge in [-0.1, -0.05) is 29.0 Å². The normalized spacial score (nSPS) is 29.4. The molecule has 4 aliphatic rings. The quantitative estimate of drug-likeness (QED) is 0.495. The molecule has 0 radical (unpaired) electrons. The Kier molecular flexibility index (Phi) is 4.40. The lowest BCUT2D eigenvalue weighted by Crippen LogP contribution is -2.54. The van der Waals surface area contributed by atoms with Crippen LogP contribution in [0.5, 0.6) is 0 Å². The Balaban J connectivity index is 1.41. The molecule has 0 N–H and O–H groups in total. The summed E-state index contributed by atoms with van der Waals surface area (Å²) >= 11 is 7.76. The van der Waals surface area contributed by atoms with Crippen LogP contribution in [0, 0.1) is 23.2 Å². The highest BCUT2D eigenvalue weighted by molar-refractivity contribution is 7.22. The summed E-state index contributed by atoms with van der Waals surface area (Å²) in [5.41, 5.74) is 1.73. The molecule has 0 saturated heterocycles. The number of halogens is 1. The first kappa shape index (κ1) is 18.8. The molecule has 7 rings (SSSR count). The van der Waals surface area contributed by atoms with Crippen LogP contribution in [0.25, 0.3) is 10.2 Å². The second kappa shape index (κ2) is 7.03. The molecule has 4 aliphatic carbocycles. The molecule has 0 atom stereocenters. The van der Waals surface area contributed by atoms with E-state index in [0.717, 1.165) is 57.9 Å². The van der Waals surface area contributed by atoms with Gasteiger partial charge in [0.25, 0.3) is 0 Å². The lowest BCUT2D eigenvalue weighted by atomic mass is 9.49. The summed E-state index contributed by atoms with van der Waals surface area (Å²) in [6.07, 6.45) is 10.8. The summed E-state index contributed by atoms with van der Waals surface area (Å²) in [5, 5.41) is 1.47. The zero-order valence-electron chi connectivity index (χ0n) is 16.8. The van der Waals surface area contributed by atoms with Crippen molar-refractivity contribution in [3.05, 3.63) is 53.3 Å². The van der Waals surface area contributed by atoms with Crippen LogP contribution >= 0.6 is 22.9 Å². The van der Waals surface area contributed by atoms with Gasteiger partial charge in [0.05, 0.1) is 22.2 Å². The Labute approximate surface area is 185 Å². The average Bonchev–Trinajstić information content (AvgIpc) is 3.14. The molecule has 154 valence electrons. The Morgan fingerprint density at radius 3 is 2.53 bits per heavy atom. The number of rotatable bonds is 4. The Morgan fingerprint density at radius 1 is 1.13 bits per heavy atom. The third-order valence-electron chi connectivity index (χ3n) is 7.37. The number of benzene rings is 1. The number of hydrogen-bond donors (Lipinski definition) is 0. The van der Waals surface area contributed by atoms with E-state index in [1.165, 1.54) is 19.3 Å². The van der Waals surface area contributed by atoms with Crippen LogP contribution < -0.4 is 4.90 Å². The van der Waals surface area contributed by atoms with Crippen molar-refractivity contribution in [1.29, 1.82) is 0 Å². The highest BCUT2D eigenvalue weighted by Gasteiger charge is 2.56. The minimum atomic E-state index is -0.202. The SMILES string of the molecule is O=C(N(Cc1cccnc1)c1nc2ccc(Cl)cc2s1)C12CC3CC(CC(C3)C1)C2. The Morgan fingerprint density at radius 2 is 1.87 bits per heavy atom. The molecule has 3 aromatic rings.